The molecule has 4 nitrogen and oxygen atoms in total. The molecule has 0 aliphatic carbocycles. The Morgan fingerprint density at radius 1 is 0.382 bits per heavy atom. The first-order valence-corrected chi connectivity index (χ1v) is 15.8. The van der Waals surface area contributed by atoms with Crippen LogP contribution in [0.25, 0.3) is 0 Å². The number of rotatable bonds is 27. The van der Waals surface area contributed by atoms with Crippen LogP contribution in [0.2, 0.25) is 0 Å². The van der Waals surface area contributed by atoms with Crippen LogP contribution < -0.4 is 113 Å². The van der Waals surface area contributed by atoms with Crippen molar-refractivity contribution in [2.45, 2.75) is 141 Å². The standard InChI is InChI=1S/C26H50O4S2.2K/c27-25(28)21-17-13-9-5-1-3-7-11-15-19-23-31-32-24-20-16-12-8-4-2-6-10-14-18-22-26(29)30;;/h1-24H2,(H,27,28)(H,29,30);;/q;2*+1/p-2. The second kappa shape index (κ2) is 35.9. The Morgan fingerprint density at radius 3 is 0.824 bits per heavy atom. The minimum absolute atomic E-state index is 0. The Labute approximate surface area is 303 Å². The second-order valence-electron chi connectivity index (χ2n) is 8.96. The molecule has 0 N–H and O–H groups in total. The van der Waals surface area contributed by atoms with Gasteiger partial charge in [-0.1, -0.05) is 124 Å². The Hall–Kier alpha value is 2.91. The summed E-state index contributed by atoms with van der Waals surface area (Å²) in [5.41, 5.74) is 0. The zero-order valence-electron chi connectivity index (χ0n) is 22.4. The number of aliphatic carboxylic acids is 2. The van der Waals surface area contributed by atoms with Crippen molar-refractivity contribution in [3.8, 4) is 0 Å². The minimum Gasteiger partial charge on any atom is -0.550 e. The minimum atomic E-state index is -0.914. The molecule has 0 atom stereocenters. The van der Waals surface area contributed by atoms with Crippen molar-refractivity contribution in [1.82, 2.24) is 0 Å². The van der Waals surface area contributed by atoms with Gasteiger partial charge < -0.3 is 19.8 Å². The number of unbranched alkanes of at least 4 members (excludes halogenated alkanes) is 18. The molecular formula is C26H48K2O4S2. The average Bonchev–Trinajstić information content (AvgIpc) is 2.75. The fourth-order valence-corrected chi connectivity index (χ4v) is 6.10. The smallest absolute Gasteiger partial charge is 0.550 e. The number of hydrogen-bond acceptors (Lipinski definition) is 6. The van der Waals surface area contributed by atoms with Crippen LogP contribution in [0.15, 0.2) is 0 Å². The third kappa shape index (κ3) is 39.4. The van der Waals surface area contributed by atoms with E-state index in [0.717, 1.165) is 38.5 Å². The van der Waals surface area contributed by atoms with Crippen LogP contribution in [0, 0.1) is 0 Å². The van der Waals surface area contributed by atoms with Gasteiger partial charge in [0.15, 0.2) is 0 Å². The van der Waals surface area contributed by atoms with E-state index in [0.29, 0.717) is 0 Å². The van der Waals surface area contributed by atoms with Gasteiger partial charge in [0.05, 0.1) is 0 Å². The topological polar surface area (TPSA) is 80.3 Å². The zero-order chi connectivity index (χ0) is 23.5. The molecule has 0 heterocycles. The summed E-state index contributed by atoms with van der Waals surface area (Å²) < 4.78 is 0. The van der Waals surface area contributed by atoms with Crippen LogP contribution in [0.1, 0.15) is 141 Å². The van der Waals surface area contributed by atoms with Crippen molar-refractivity contribution in [2.24, 2.45) is 0 Å². The molecule has 0 unspecified atom stereocenters. The molecular weight excluding hydrogens is 519 g/mol. The molecule has 0 radical (unpaired) electrons. The third-order valence-corrected chi connectivity index (χ3v) is 8.38. The van der Waals surface area contributed by atoms with E-state index in [1.807, 2.05) is 21.6 Å². The molecule has 0 aromatic carbocycles. The molecule has 0 amide bonds. The Bertz CT molecular complexity index is 392. The van der Waals surface area contributed by atoms with E-state index in [9.17, 15) is 19.8 Å². The summed E-state index contributed by atoms with van der Waals surface area (Å²) in [5, 5.41) is 20.6. The van der Waals surface area contributed by atoms with E-state index in [1.165, 1.54) is 101 Å². The van der Waals surface area contributed by atoms with Crippen molar-refractivity contribution in [2.75, 3.05) is 11.5 Å². The molecule has 8 heteroatoms. The normalized spacial score (nSPS) is 10.5. The third-order valence-electron chi connectivity index (χ3n) is 5.80. The maximum Gasteiger partial charge on any atom is 1.00 e. The predicted molar refractivity (Wildman–Crippen MR) is 137 cm³/mol. The van der Waals surface area contributed by atoms with Crippen LogP contribution in [0.4, 0.5) is 0 Å². The summed E-state index contributed by atoms with van der Waals surface area (Å²) in [6.07, 6.45) is 24.9. The van der Waals surface area contributed by atoms with Crippen molar-refractivity contribution in [3.05, 3.63) is 0 Å². The van der Waals surface area contributed by atoms with Crippen LogP contribution in [-0.2, 0) is 9.59 Å². The molecule has 0 rings (SSSR count). The van der Waals surface area contributed by atoms with Gasteiger partial charge in [-0.3, -0.25) is 0 Å². The predicted octanol–water partition coefficient (Wildman–Crippen LogP) is 0.458. The molecule has 0 spiro atoms. The van der Waals surface area contributed by atoms with Gasteiger partial charge in [0.25, 0.3) is 0 Å². The molecule has 0 saturated carbocycles. The fraction of sp³-hybridized carbons (Fsp3) is 0.923. The number of carboxylic acid groups (broad SMARTS) is 2. The zero-order valence-corrected chi connectivity index (χ0v) is 30.3. The van der Waals surface area contributed by atoms with E-state index in [1.54, 1.807) is 0 Å². The first kappa shape index (κ1) is 41.4. The summed E-state index contributed by atoms with van der Waals surface area (Å²) in [6.45, 7) is 0. The number of carboxylic acids is 2. The number of carbonyl (C=O) groups excluding carboxylic acids is 2. The Kier molecular flexibility index (Phi) is 43.7. The van der Waals surface area contributed by atoms with Gasteiger partial charge in [0, 0.05) is 23.4 Å². The molecule has 0 fully saturated rings. The van der Waals surface area contributed by atoms with Gasteiger partial charge >= 0.3 is 103 Å². The number of hydrogen-bond donors (Lipinski definition) is 0. The second-order valence-corrected chi connectivity index (χ2v) is 11.7. The van der Waals surface area contributed by atoms with E-state index >= 15 is 0 Å². The molecule has 0 aliphatic rings. The quantitative estimate of drug-likeness (QED) is 0.0817. The van der Waals surface area contributed by atoms with Crippen molar-refractivity contribution in [1.29, 1.82) is 0 Å². The SMILES string of the molecule is O=C([O-])CCCCCCCCCCCCSSCCCCCCCCCCCCC(=O)[O-].[K+].[K+]. The van der Waals surface area contributed by atoms with Gasteiger partial charge in [-0.25, -0.2) is 0 Å². The first-order valence-electron chi connectivity index (χ1n) is 13.3. The molecule has 0 aliphatic heterocycles. The largest absolute Gasteiger partial charge is 1.00 e. The summed E-state index contributed by atoms with van der Waals surface area (Å²) in [5.74, 6) is 0.739. The molecule has 0 saturated heterocycles. The van der Waals surface area contributed by atoms with Crippen LogP contribution >= 0.6 is 21.6 Å². The summed E-state index contributed by atoms with van der Waals surface area (Å²) in [6, 6.07) is 0. The van der Waals surface area contributed by atoms with E-state index < -0.39 is 11.9 Å². The van der Waals surface area contributed by atoms with Crippen molar-refractivity contribution >= 4 is 33.5 Å². The van der Waals surface area contributed by atoms with Gasteiger partial charge in [-0.15, -0.1) is 0 Å². The van der Waals surface area contributed by atoms with Crippen molar-refractivity contribution < 1.29 is 123 Å². The van der Waals surface area contributed by atoms with Crippen LogP contribution in [0.3, 0.4) is 0 Å². The van der Waals surface area contributed by atoms with Gasteiger partial charge in [-0.05, 0) is 38.5 Å². The van der Waals surface area contributed by atoms with Gasteiger partial charge in [0.2, 0.25) is 0 Å². The van der Waals surface area contributed by atoms with E-state index in [4.69, 9.17) is 0 Å². The average molecular weight is 567 g/mol. The molecule has 0 bridgehead atoms. The summed E-state index contributed by atoms with van der Waals surface area (Å²) in [4.78, 5) is 20.6. The molecule has 0 aromatic rings. The maximum absolute atomic E-state index is 10.3. The van der Waals surface area contributed by atoms with Crippen molar-refractivity contribution in [3.63, 3.8) is 0 Å². The van der Waals surface area contributed by atoms with E-state index in [-0.39, 0.29) is 116 Å². The number of carbonyl (C=O) groups is 2. The molecule has 190 valence electrons. The van der Waals surface area contributed by atoms with Gasteiger partial charge in [-0.2, -0.15) is 0 Å². The van der Waals surface area contributed by atoms with Gasteiger partial charge in [0.1, 0.15) is 0 Å². The maximum atomic E-state index is 10.3. The van der Waals surface area contributed by atoms with Crippen LogP contribution in [-0.4, -0.2) is 23.4 Å². The Morgan fingerprint density at radius 2 is 0.588 bits per heavy atom. The molecule has 34 heavy (non-hydrogen) atoms. The Balaban J connectivity index is -0.00000480. The van der Waals surface area contributed by atoms with Crippen LogP contribution in [0.5, 0.6) is 0 Å². The summed E-state index contributed by atoms with van der Waals surface area (Å²) >= 11 is 0. The molecule has 0 aromatic heterocycles. The fourth-order valence-electron chi connectivity index (χ4n) is 3.81. The monoisotopic (exact) mass is 566 g/mol. The van der Waals surface area contributed by atoms with E-state index in [2.05, 4.69) is 0 Å². The first-order chi connectivity index (χ1) is 15.6. The summed E-state index contributed by atoms with van der Waals surface area (Å²) in [7, 11) is 4.10.